The molecule has 3 rings (SSSR count). The highest BCUT2D eigenvalue weighted by Crippen LogP contribution is 2.23. The third-order valence-electron chi connectivity index (χ3n) is 3.77. The van der Waals surface area contributed by atoms with Crippen LogP contribution >= 0.6 is 0 Å². The molecule has 7 heteroatoms. The van der Waals surface area contributed by atoms with Crippen LogP contribution in [0, 0.1) is 0 Å². The van der Waals surface area contributed by atoms with Crippen LogP contribution in [-0.2, 0) is 21.2 Å². The van der Waals surface area contributed by atoms with Gasteiger partial charge in [-0.05, 0) is 24.5 Å². The number of sulfonamides is 1. The molecule has 2 aliphatic rings. The van der Waals surface area contributed by atoms with Gasteiger partial charge in [-0.15, -0.1) is 0 Å². The van der Waals surface area contributed by atoms with Crippen molar-refractivity contribution in [3.63, 3.8) is 0 Å². The fourth-order valence-electron chi connectivity index (χ4n) is 2.72. The Morgan fingerprint density at radius 1 is 1.38 bits per heavy atom. The highest BCUT2D eigenvalue weighted by Gasteiger charge is 2.30. The molecule has 21 heavy (non-hydrogen) atoms. The minimum Gasteiger partial charge on any atom is -0.491 e. The normalized spacial score (nSPS) is 24.1. The third kappa shape index (κ3) is 3.19. The zero-order chi connectivity index (χ0) is 14.9. The van der Waals surface area contributed by atoms with Crippen LogP contribution in [0.15, 0.2) is 24.3 Å². The summed E-state index contributed by atoms with van der Waals surface area (Å²) in [6, 6.07) is 7.61. The number of hydrogen-bond donors (Lipinski definition) is 1. The number of para-hydroxylation sites is 1. The van der Waals surface area contributed by atoms with Crippen molar-refractivity contribution in [1.29, 1.82) is 0 Å². The molecular weight excluding hydrogens is 292 g/mol. The molecule has 1 aromatic carbocycles. The molecule has 0 saturated carbocycles. The van der Waals surface area contributed by atoms with Crippen LogP contribution in [0.25, 0.3) is 0 Å². The van der Waals surface area contributed by atoms with E-state index in [1.54, 1.807) is 0 Å². The van der Waals surface area contributed by atoms with Gasteiger partial charge in [0, 0.05) is 6.54 Å². The SMILES string of the molecule is O=C(CN1CCCS1(=O)=O)NC1COc2ccccc2C1. The first-order chi connectivity index (χ1) is 10.0. The van der Waals surface area contributed by atoms with Gasteiger partial charge >= 0.3 is 0 Å². The number of nitrogens with zero attached hydrogens (tertiary/aromatic N) is 1. The van der Waals surface area contributed by atoms with Gasteiger partial charge < -0.3 is 10.1 Å². The van der Waals surface area contributed by atoms with E-state index in [0.29, 0.717) is 26.0 Å². The monoisotopic (exact) mass is 310 g/mol. The van der Waals surface area contributed by atoms with Gasteiger partial charge in [-0.3, -0.25) is 4.79 Å². The number of benzene rings is 1. The Balaban J connectivity index is 1.57. The maximum Gasteiger partial charge on any atom is 0.235 e. The van der Waals surface area contributed by atoms with Crippen LogP contribution in [-0.4, -0.2) is 50.1 Å². The van der Waals surface area contributed by atoms with Crippen LogP contribution in [0.4, 0.5) is 0 Å². The standard InChI is InChI=1S/C14H18N2O4S/c17-14(9-16-6-3-7-21(16,18)19)15-12-8-11-4-1-2-5-13(11)20-10-12/h1-2,4-5,12H,3,6-10H2,(H,15,17). The number of ether oxygens (including phenoxy) is 1. The summed E-state index contributed by atoms with van der Waals surface area (Å²) in [5, 5.41) is 2.85. The van der Waals surface area contributed by atoms with Gasteiger partial charge in [0.1, 0.15) is 12.4 Å². The molecule has 1 unspecified atom stereocenters. The van der Waals surface area contributed by atoms with E-state index in [1.807, 2.05) is 24.3 Å². The Kier molecular flexibility index (Phi) is 3.86. The quantitative estimate of drug-likeness (QED) is 0.862. The van der Waals surface area contributed by atoms with Gasteiger partial charge in [0.25, 0.3) is 0 Å². The lowest BCUT2D eigenvalue weighted by molar-refractivity contribution is -0.122. The van der Waals surface area contributed by atoms with E-state index >= 15 is 0 Å². The topological polar surface area (TPSA) is 75.7 Å². The highest BCUT2D eigenvalue weighted by atomic mass is 32.2. The molecule has 0 aliphatic carbocycles. The predicted octanol–water partition coefficient (Wildman–Crippen LogP) is 0.142. The van der Waals surface area contributed by atoms with Crippen molar-refractivity contribution in [2.24, 2.45) is 0 Å². The predicted molar refractivity (Wildman–Crippen MR) is 77.5 cm³/mol. The molecule has 0 radical (unpaired) electrons. The lowest BCUT2D eigenvalue weighted by Crippen LogP contribution is -2.47. The molecule has 2 aliphatic heterocycles. The highest BCUT2D eigenvalue weighted by molar-refractivity contribution is 7.89. The average molecular weight is 310 g/mol. The minimum absolute atomic E-state index is 0.0967. The van der Waals surface area contributed by atoms with Crippen molar-refractivity contribution < 1.29 is 17.9 Å². The van der Waals surface area contributed by atoms with E-state index < -0.39 is 10.0 Å². The molecule has 1 atom stereocenters. The Morgan fingerprint density at radius 2 is 2.19 bits per heavy atom. The minimum atomic E-state index is -3.23. The average Bonchev–Trinajstić information content (AvgIpc) is 2.77. The maximum absolute atomic E-state index is 12.0. The van der Waals surface area contributed by atoms with Crippen LogP contribution in [0.5, 0.6) is 5.75 Å². The number of hydrogen-bond acceptors (Lipinski definition) is 4. The summed E-state index contributed by atoms with van der Waals surface area (Å²) < 4.78 is 30.2. The van der Waals surface area contributed by atoms with E-state index in [4.69, 9.17) is 4.74 Å². The van der Waals surface area contributed by atoms with Gasteiger partial charge in [0.2, 0.25) is 15.9 Å². The van der Waals surface area contributed by atoms with Crippen LogP contribution < -0.4 is 10.1 Å². The second-order valence-electron chi connectivity index (χ2n) is 5.39. The Bertz CT molecular complexity index is 644. The molecule has 2 heterocycles. The summed E-state index contributed by atoms with van der Waals surface area (Å²) in [5.74, 6) is 0.721. The summed E-state index contributed by atoms with van der Waals surface area (Å²) in [5.41, 5.74) is 1.06. The van der Waals surface area contributed by atoms with Gasteiger partial charge in [0.15, 0.2) is 0 Å². The number of carbonyl (C=O) groups excluding carboxylic acids is 1. The summed E-state index contributed by atoms with van der Waals surface area (Å²) in [6.45, 7) is 0.746. The fraction of sp³-hybridized carbons (Fsp3) is 0.500. The molecule has 0 spiro atoms. The first kappa shape index (κ1) is 14.3. The van der Waals surface area contributed by atoms with Crippen LogP contribution in [0.3, 0.4) is 0 Å². The number of rotatable bonds is 3. The van der Waals surface area contributed by atoms with Gasteiger partial charge in [-0.1, -0.05) is 18.2 Å². The van der Waals surface area contributed by atoms with Crippen LogP contribution in [0.2, 0.25) is 0 Å². The molecule has 6 nitrogen and oxygen atoms in total. The van der Waals surface area contributed by atoms with Crippen molar-refractivity contribution in [2.75, 3.05) is 25.4 Å². The zero-order valence-corrected chi connectivity index (χ0v) is 12.4. The van der Waals surface area contributed by atoms with Crippen molar-refractivity contribution >= 4 is 15.9 Å². The van der Waals surface area contributed by atoms with Crippen molar-refractivity contribution in [2.45, 2.75) is 18.9 Å². The van der Waals surface area contributed by atoms with Crippen molar-refractivity contribution in [3.8, 4) is 5.75 Å². The first-order valence-electron chi connectivity index (χ1n) is 7.02. The van der Waals surface area contributed by atoms with Crippen LogP contribution in [0.1, 0.15) is 12.0 Å². The van der Waals surface area contributed by atoms with E-state index in [1.165, 1.54) is 4.31 Å². The summed E-state index contributed by atoms with van der Waals surface area (Å²) in [6.07, 6.45) is 1.30. The number of nitrogens with one attached hydrogen (secondary N) is 1. The molecular formula is C14H18N2O4S. The number of fused-ring (bicyclic) bond motifs is 1. The second kappa shape index (κ2) is 5.65. The Hall–Kier alpha value is -1.60. The fourth-order valence-corrected chi connectivity index (χ4v) is 4.20. The zero-order valence-electron chi connectivity index (χ0n) is 11.6. The molecule has 114 valence electrons. The van der Waals surface area contributed by atoms with E-state index in [-0.39, 0.29) is 24.2 Å². The largest absolute Gasteiger partial charge is 0.491 e. The van der Waals surface area contributed by atoms with Gasteiger partial charge in [-0.25, -0.2) is 8.42 Å². The Labute approximate surface area is 124 Å². The van der Waals surface area contributed by atoms with E-state index in [2.05, 4.69) is 5.32 Å². The number of amides is 1. The molecule has 1 fully saturated rings. The van der Waals surface area contributed by atoms with E-state index in [0.717, 1.165) is 11.3 Å². The summed E-state index contributed by atoms with van der Waals surface area (Å²) >= 11 is 0. The van der Waals surface area contributed by atoms with Crippen molar-refractivity contribution in [1.82, 2.24) is 9.62 Å². The molecule has 1 aromatic rings. The van der Waals surface area contributed by atoms with Gasteiger partial charge in [-0.2, -0.15) is 4.31 Å². The molecule has 0 aromatic heterocycles. The molecule has 1 N–H and O–H groups in total. The number of carbonyl (C=O) groups is 1. The Morgan fingerprint density at radius 3 is 2.95 bits per heavy atom. The van der Waals surface area contributed by atoms with Crippen molar-refractivity contribution in [3.05, 3.63) is 29.8 Å². The molecule has 1 amide bonds. The first-order valence-corrected chi connectivity index (χ1v) is 8.63. The second-order valence-corrected chi connectivity index (χ2v) is 7.48. The molecule has 0 bridgehead atoms. The smallest absolute Gasteiger partial charge is 0.235 e. The maximum atomic E-state index is 12.0. The lowest BCUT2D eigenvalue weighted by Gasteiger charge is -2.26. The molecule has 1 saturated heterocycles. The third-order valence-corrected chi connectivity index (χ3v) is 5.67. The lowest BCUT2D eigenvalue weighted by atomic mass is 10.0. The van der Waals surface area contributed by atoms with E-state index in [9.17, 15) is 13.2 Å². The summed E-state index contributed by atoms with van der Waals surface area (Å²) in [4.78, 5) is 12.0. The van der Waals surface area contributed by atoms with Gasteiger partial charge in [0.05, 0.1) is 18.3 Å². The summed E-state index contributed by atoms with van der Waals surface area (Å²) in [7, 11) is -3.23.